The highest BCUT2D eigenvalue weighted by Crippen LogP contribution is 2.43. The van der Waals surface area contributed by atoms with E-state index in [9.17, 15) is 9.46 Å². The molecule has 0 fully saturated rings. The van der Waals surface area contributed by atoms with Crippen molar-refractivity contribution in [2.45, 2.75) is 200 Å². The number of unbranched alkanes of at least 4 members (excludes halogenated alkanes) is 25. The first-order chi connectivity index (χ1) is 24.2. The van der Waals surface area contributed by atoms with Gasteiger partial charge in [-0.3, -0.25) is 9.05 Å². The highest BCUT2D eigenvalue weighted by molar-refractivity contribution is 7.47. The van der Waals surface area contributed by atoms with Gasteiger partial charge in [-0.25, -0.2) is 4.57 Å². The van der Waals surface area contributed by atoms with E-state index in [-0.39, 0.29) is 19.3 Å². The van der Waals surface area contributed by atoms with E-state index in [2.05, 4.69) is 26.0 Å². The zero-order valence-electron chi connectivity index (χ0n) is 34.2. The Bertz CT molecular complexity index is 759. The average Bonchev–Trinajstić information content (AvgIpc) is 3.07. The normalized spacial score (nSPS) is 14.1. The van der Waals surface area contributed by atoms with Crippen molar-refractivity contribution < 1.29 is 32.5 Å². The average molecular weight is 733 g/mol. The Morgan fingerprint density at radius 1 is 0.520 bits per heavy atom. The standard InChI is InChI=1S/C42H86NO6P/c1-6-8-10-12-14-16-18-20-22-23-24-26-28-30-32-34-37-46-40-42(41-49-50(44,45)48-39-36-43(3,4)5)47-38-35-33-31-29-27-25-21-19-17-15-13-11-9-7-2/h20,22,42H,6-19,21,23-41H2,1-5H3/p+1/b22-20+. The lowest BCUT2D eigenvalue weighted by atomic mass is 10.0. The number of rotatable bonds is 41. The van der Waals surface area contributed by atoms with Gasteiger partial charge in [0.1, 0.15) is 19.3 Å². The Morgan fingerprint density at radius 3 is 1.36 bits per heavy atom. The molecular weight excluding hydrogens is 645 g/mol. The molecule has 0 aliphatic heterocycles. The van der Waals surface area contributed by atoms with Gasteiger partial charge in [-0.1, -0.05) is 167 Å². The first-order valence-corrected chi connectivity index (χ1v) is 23.0. The zero-order valence-corrected chi connectivity index (χ0v) is 35.1. The van der Waals surface area contributed by atoms with E-state index in [0.29, 0.717) is 30.8 Å². The first-order valence-electron chi connectivity index (χ1n) is 21.5. The molecule has 0 bridgehead atoms. The summed E-state index contributed by atoms with van der Waals surface area (Å²) in [6, 6.07) is 0. The van der Waals surface area contributed by atoms with Gasteiger partial charge in [-0.15, -0.1) is 0 Å². The summed E-state index contributed by atoms with van der Waals surface area (Å²) in [5.74, 6) is 0. The fraction of sp³-hybridized carbons (Fsp3) is 0.952. The van der Waals surface area contributed by atoms with Crippen molar-refractivity contribution in [3.8, 4) is 0 Å². The van der Waals surface area contributed by atoms with E-state index in [1.165, 1.54) is 161 Å². The maximum absolute atomic E-state index is 12.5. The van der Waals surface area contributed by atoms with Gasteiger partial charge in [0, 0.05) is 13.2 Å². The highest BCUT2D eigenvalue weighted by atomic mass is 31.2. The Morgan fingerprint density at radius 2 is 0.920 bits per heavy atom. The van der Waals surface area contributed by atoms with E-state index in [1.54, 1.807) is 0 Å². The van der Waals surface area contributed by atoms with Crippen LogP contribution in [0.5, 0.6) is 0 Å². The van der Waals surface area contributed by atoms with E-state index in [4.69, 9.17) is 18.5 Å². The lowest BCUT2D eigenvalue weighted by molar-refractivity contribution is -0.870. The lowest BCUT2D eigenvalue weighted by Gasteiger charge is -2.24. The van der Waals surface area contributed by atoms with Crippen LogP contribution in [0.1, 0.15) is 194 Å². The number of hydrogen-bond acceptors (Lipinski definition) is 5. The molecule has 2 unspecified atom stereocenters. The number of nitrogens with zero attached hydrogens (tertiary/aromatic N) is 1. The van der Waals surface area contributed by atoms with Crippen LogP contribution in [-0.4, -0.2) is 76.2 Å². The minimum atomic E-state index is -4.14. The molecule has 0 aromatic rings. The van der Waals surface area contributed by atoms with E-state index in [1.807, 2.05) is 21.1 Å². The van der Waals surface area contributed by atoms with Gasteiger partial charge in [-0.05, 0) is 38.5 Å². The van der Waals surface area contributed by atoms with Crippen molar-refractivity contribution in [3.05, 3.63) is 12.2 Å². The molecule has 0 heterocycles. The maximum atomic E-state index is 12.5. The SMILES string of the molecule is CCCCCCCC/C=C/CCCCCCCCOCC(COP(=O)(O)OCC[N+](C)(C)C)OCCCCCCCCCCCCCCCC. The largest absolute Gasteiger partial charge is 0.472 e. The molecule has 0 aromatic heterocycles. The summed E-state index contributed by atoms with van der Waals surface area (Å²) in [5, 5.41) is 0. The van der Waals surface area contributed by atoms with Crippen LogP contribution < -0.4 is 0 Å². The molecule has 8 heteroatoms. The third-order valence-corrected chi connectivity index (χ3v) is 10.4. The van der Waals surface area contributed by atoms with Crippen LogP contribution in [0.3, 0.4) is 0 Å². The number of ether oxygens (including phenoxy) is 2. The molecule has 0 spiro atoms. The lowest BCUT2D eigenvalue weighted by Crippen LogP contribution is -2.37. The van der Waals surface area contributed by atoms with Gasteiger partial charge in [0.25, 0.3) is 0 Å². The summed E-state index contributed by atoms with van der Waals surface area (Å²) in [5.41, 5.74) is 0. The molecule has 300 valence electrons. The number of quaternary nitrogens is 1. The Balaban J connectivity index is 4.09. The highest BCUT2D eigenvalue weighted by Gasteiger charge is 2.25. The van der Waals surface area contributed by atoms with E-state index in [0.717, 1.165) is 19.3 Å². The van der Waals surface area contributed by atoms with Gasteiger partial charge >= 0.3 is 7.82 Å². The summed E-state index contributed by atoms with van der Waals surface area (Å²) in [6.07, 6.45) is 40.9. The monoisotopic (exact) mass is 733 g/mol. The van der Waals surface area contributed by atoms with Crippen LogP contribution in [0.15, 0.2) is 12.2 Å². The van der Waals surface area contributed by atoms with Crippen LogP contribution in [-0.2, 0) is 23.1 Å². The van der Waals surface area contributed by atoms with Crippen LogP contribution >= 0.6 is 7.82 Å². The zero-order chi connectivity index (χ0) is 36.9. The second-order valence-electron chi connectivity index (χ2n) is 15.7. The maximum Gasteiger partial charge on any atom is 0.472 e. The van der Waals surface area contributed by atoms with E-state index < -0.39 is 7.82 Å². The van der Waals surface area contributed by atoms with Gasteiger partial charge in [-0.2, -0.15) is 0 Å². The fourth-order valence-corrected chi connectivity index (χ4v) is 6.74. The number of hydrogen-bond donors (Lipinski definition) is 1. The van der Waals surface area contributed by atoms with Gasteiger partial charge < -0.3 is 18.9 Å². The van der Waals surface area contributed by atoms with Crippen molar-refractivity contribution in [3.63, 3.8) is 0 Å². The second kappa shape index (κ2) is 37.1. The number of allylic oxidation sites excluding steroid dienone is 2. The Kier molecular flexibility index (Phi) is 36.9. The van der Waals surface area contributed by atoms with Crippen LogP contribution in [0.2, 0.25) is 0 Å². The molecule has 50 heavy (non-hydrogen) atoms. The summed E-state index contributed by atoms with van der Waals surface area (Å²) in [7, 11) is 1.91. The van der Waals surface area contributed by atoms with E-state index >= 15 is 0 Å². The minimum absolute atomic E-state index is 0.00976. The summed E-state index contributed by atoms with van der Waals surface area (Å²) < 4.78 is 35.7. The number of phosphoric acid groups is 1. The molecule has 0 aromatic carbocycles. The topological polar surface area (TPSA) is 74.2 Å². The molecule has 0 saturated heterocycles. The van der Waals surface area contributed by atoms with Crippen molar-refractivity contribution in [1.29, 1.82) is 0 Å². The van der Waals surface area contributed by atoms with Crippen LogP contribution in [0.4, 0.5) is 0 Å². The second-order valence-corrected chi connectivity index (χ2v) is 17.2. The third-order valence-electron chi connectivity index (χ3n) is 9.40. The van der Waals surface area contributed by atoms with Crippen molar-refractivity contribution in [1.82, 2.24) is 0 Å². The fourth-order valence-electron chi connectivity index (χ4n) is 6.00. The van der Waals surface area contributed by atoms with Crippen molar-refractivity contribution >= 4 is 7.82 Å². The molecule has 0 radical (unpaired) electrons. The van der Waals surface area contributed by atoms with Crippen molar-refractivity contribution in [2.75, 3.05) is 60.7 Å². The van der Waals surface area contributed by atoms with Crippen molar-refractivity contribution in [2.24, 2.45) is 0 Å². The quantitative estimate of drug-likeness (QED) is 0.0292. The van der Waals surface area contributed by atoms with Crippen LogP contribution in [0, 0.1) is 0 Å². The predicted octanol–water partition coefficient (Wildman–Crippen LogP) is 12.7. The summed E-state index contributed by atoms with van der Waals surface area (Å²) >= 11 is 0. The molecule has 0 aliphatic rings. The molecule has 1 N–H and O–H groups in total. The molecule has 7 nitrogen and oxygen atoms in total. The van der Waals surface area contributed by atoms with Gasteiger partial charge in [0.2, 0.25) is 0 Å². The summed E-state index contributed by atoms with van der Waals surface area (Å²) in [6.45, 7) is 6.97. The van der Waals surface area contributed by atoms with Gasteiger partial charge in [0.15, 0.2) is 0 Å². The number of likely N-dealkylation sites (N-methyl/N-ethyl adjacent to an activating group) is 1. The molecule has 0 saturated carbocycles. The smallest absolute Gasteiger partial charge is 0.379 e. The van der Waals surface area contributed by atoms with Gasteiger partial charge in [0.05, 0.1) is 34.4 Å². The Hall–Kier alpha value is -0.270. The molecule has 0 aliphatic carbocycles. The summed E-state index contributed by atoms with van der Waals surface area (Å²) in [4.78, 5) is 10.2. The number of phosphoric ester groups is 1. The minimum Gasteiger partial charge on any atom is -0.379 e. The predicted molar refractivity (Wildman–Crippen MR) is 215 cm³/mol. The molecule has 2 atom stereocenters. The molecular formula is C42H87NO6P+. The molecule has 0 amide bonds. The third kappa shape index (κ3) is 40.5. The Labute approximate surface area is 312 Å². The first kappa shape index (κ1) is 49.7. The molecule has 0 rings (SSSR count). The van der Waals surface area contributed by atoms with Crippen LogP contribution in [0.25, 0.3) is 0 Å².